The Bertz CT molecular complexity index is 1050. The number of carboxylic acids is 1. The maximum atomic E-state index is 12.4. The van der Waals surface area contributed by atoms with Crippen LogP contribution in [0, 0.1) is 0 Å². The van der Waals surface area contributed by atoms with Crippen LogP contribution < -0.4 is 21.7 Å². The summed E-state index contributed by atoms with van der Waals surface area (Å²) in [4.78, 5) is 39.3. The molecule has 0 spiro atoms. The zero-order chi connectivity index (χ0) is 22.2. The number of nitrogens with two attached hydrogens (primary N) is 1. The van der Waals surface area contributed by atoms with Gasteiger partial charge >= 0.3 is 12.0 Å². The van der Waals surface area contributed by atoms with E-state index in [2.05, 4.69) is 20.9 Å². The van der Waals surface area contributed by atoms with E-state index in [0.717, 1.165) is 16.9 Å². The van der Waals surface area contributed by atoms with Gasteiger partial charge in [-0.05, 0) is 23.3 Å². The number of amides is 3. The lowest BCUT2D eigenvalue weighted by Crippen LogP contribution is -2.28. The maximum absolute atomic E-state index is 12.4. The molecule has 3 aromatic rings. The van der Waals surface area contributed by atoms with Crippen molar-refractivity contribution in [2.24, 2.45) is 5.73 Å². The number of rotatable bonds is 8. The molecule has 0 aliphatic heterocycles. The van der Waals surface area contributed by atoms with Gasteiger partial charge in [-0.1, -0.05) is 42.5 Å². The van der Waals surface area contributed by atoms with Gasteiger partial charge in [0.25, 0.3) is 5.91 Å². The van der Waals surface area contributed by atoms with Gasteiger partial charge in [-0.3, -0.25) is 14.9 Å². The first-order valence-corrected chi connectivity index (χ1v) is 10.2. The summed E-state index contributed by atoms with van der Waals surface area (Å²) in [5, 5.41) is 18.7. The summed E-state index contributed by atoms with van der Waals surface area (Å²) in [6.07, 6.45) is -0.181. The Morgan fingerprint density at radius 3 is 2.42 bits per heavy atom. The highest BCUT2D eigenvalue weighted by Crippen LogP contribution is 2.19. The average molecular weight is 439 g/mol. The smallest absolute Gasteiger partial charge is 0.321 e. The molecule has 0 aliphatic rings. The van der Waals surface area contributed by atoms with E-state index in [0.29, 0.717) is 22.9 Å². The van der Waals surface area contributed by atoms with Gasteiger partial charge in [0.15, 0.2) is 5.13 Å². The van der Waals surface area contributed by atoms with Crippen LogP contribution in [0.1, 0.15) is 34.1 Å². The molecule has 0 saturated carbocycles. The fourth-order valence-electron chi connectivity index (χ4n) is 2.67. The second-order valence-electron chi connectivity index (χ2n) is 6.61. The van der Waals surface area contributed by atoms with Crippen molar-refractivity contribution in [2.45, 2.75) is 19.0 Å². The van der Waals surface area contributed by atoms with Crippen molar-refractivity contribution in [3.05, 3.63) is 76.8 Å². The molecule has 160 valence electrons. The molecule has 9 nitrogen and oxygen atoms in total. The van der Waals surface area contributed by atoms with Crippen LogP contribution in [0.5, 0.6) is 0 Å². The largest absolute Gasteiger partial charge is 0.481 e. The minimum Gasteiger partial charge on any atom is -0.481 e. The molecule has 10 heteroatoms. The normalized spacial score (nSPS) is 11.4. The van der Waals surface area contributed by atoms with E-state index < -0.39 is 23.9 Å². The molecule has 1 heterocycles. The Hall–Kier alpha value is -3.76. The number of carbonyl (C=O) groups is 3. The third-order valence-electron chi connectivity index (χ3n) is 4.24. The second-order valence-corrected chi connectivity index (χ2v) is 7.47. The Morgan fingerprint density at radius 1 is 1.03 bits per heavy atom. The van der Waals surface area contributed by atoms with Crippen molar-refractivity contribution in [3.8, 4) is 0 Å². The van der Waals surface area contributed by atoms with E-state index in [1.807, 2.05) is 30.3 Å². The van der Waals surface area contributed by atoms with Gasteiger partial charge in [-0.15, -0.1) is 11.3 Å². The molecule has 0 bridgehead atoms. The number of thiazole rings is 1. The summed E-state index contributed by atoms with van der Waals surface area (Å²) in [6.45, 7) is 0.373. The lowest BCUT2D eigenvalue weighted by molar-refractivity contribution is -0.137. The fraction of sp³-hybridized carbons (Fsp3) is 0.143. The number of benzene rings is 2. The number of urea groups is 1. The first-order valence-electron chi connectivity index (χ1n) is 9.33. The molecule has 0 fully saturated rings. The van der Waals surface area contributed by atoms with E-state index in [1.165, 1.54) is 0 Å². The summed E-state index contributed by atoms with van der Waals surface area (Å²) in [5.74, 6) is -1.41. The predicted molar refractivity (Wildman–Crippen MR) is 118 cm³/mol. The highest BCUT2D eigenvalue weighted by atomic mass is 32.1. The van der Waals surface area contributed by atoms with Crippen LogP contribution in [0.25, 0.3) is 0 Å². The molecule has 1 unspecified atom stereocenters. The Morgan fingerprint density at radius 2 is 1.74 bits per heavy atom. The molecule has 3 amide bonds. The molecule has 1 aromatic heterocycles. The van der Waals surface area contributed by atoms with Crippen LogP contribution in [0.15, 0.2) is 60.0 Å². The Labute approximate surface area is 182 Å². The van der Waals surface area contributed by atoms with Gasteiger partial charge in [-0.2, -0.15) is 0 Å². The first-order chi connectivity index (χ1) is 14.9. The van der Waals surface area contributed by atoms with Crippen molar-refractivity contribution < 1.29 is 19.5 Å². The van der Waals surface area contributed by atoms with Crippen LogP contribution in [0.2, 0.25) is 0 Å². The third kappa shape index (κ3) is 6.63. The SMILES string of the molecule is NC(CC(=O)O)c1ccc(NC(=O)c2csc(NC(=O)NCc3ccccc3)n2)cc1. The van der Waals surface area contributed by atoms with Crippen molar-refractivity contribution in [1.29, 1.82) is 0 Å². The molecule has 0 saturated heterocycles. The molecule has 2 aromatic carbocycles. The molecule has 0 radical (unpaired) electrons. The van der Waals surface area contributed by atoms with Crippen LogP contribution in [0.3, 0.4) is 0 Å². The summed E-state index contributed by atoms with van der Waals surface area (Å²) in [5.41, 5.74) is 8.11. The molecular formula is C21H21N5O4S. The summed E-state index contributed by atoms with van der Waals surface area (Å²) in [7, 11) is 0. The van der Waals surface area contributed by atoms with E-state index >= 15 is 0 Å². The zero-order valence-electron chi connectivity index (χ0n) is 16.4. The zero-order valence-corrected chi connectivity index (χ0v) is 17.2. The van der Waals surface area contributed by atoms with Crippen LogP contribution >= 0.6 is 11.3 Å². The number of hydrogen-bond acceptors (Lipinski definition) is 6. The van der Waals surface area contributed by atoms with Crippen LogP contribution in [0.4, 0.5) is 15.6 Å². The highest BCUT2D eigenvalue weighted by molar-refractivity contribution is 7.14. The topological polar surface area (TPSA) is 146 Å². The number of nitrogens with one attached hydrogen (secondary N) is 3. The number of anilines is 2. The molecule has 1 atom stereocenters. The molecule has 3 rings (SSSR count). The van der Waals surface area contributed by atoms with E-state index in [1.54, 1.807) is 29.6 Å². The van der Waals surface area contributed by atoms with Crippen molar-refractivity contribution in [1.82, 2.24) is 10.3 Å². The third-order valence-corrected chi connectivity index (χ3v) is 5.00. The number of aliphatic carboxylic acids is 1. The van der Waals surface area contributed by atoms with Gasteiger partial charge in [0, 0.05) is 23.7 Å². The molecule has 31 heavy (non-hydrogen) atoms. The standard InChI is InChI=1S/C21H21N5O4S/c22-16(10-18(27)28)14-6-8-15(9-7-14)24-19(29)17-12-31-21(25-17)26-20(30)23-11-13-4-2-1-3-5-13/h1-9,12,16H,10-11,22H2,(H,24,29)(H,27,28)(H2,23,25,26,30). The van der Waals surface area contributed by atoms with Crippen molar-refractivity contribution in [3.63, 3.8) is 0 Å². The molecular weight excluding hydrogens is 418 g/mol. The number of aromatic nitrogens is 1. The monoisotopic (exact) mass is 439 g/mol. The van der Waals surface area contributed by atoms with Crippen LogP contribution in [-0.2, 0) is 11.3 Å². The second kappa shape index (κ2) is 10.3. The van der Waals surface area contributed by atoms with Gasteiger partial charge in [-0.25, -0.2) is 9.78 Å². The predicted octanol–water partition coefficient (Wildman–Crippen LogP) is 3.19. The highest BCUT2D eigenvalue weighted by Gasteiger charge is 2.14. The Kier molecular flexibility index (Phi) is 7.31. The van der Waals surface area contributed by atoms with E-state index in [9.17, 15) is 14.4 Å². The quantitative estimate of drug-likeness (QED) is 0.364. The van der Waals surface area contributed by atoms with Crippen LogP contribution in [-0.4, -0.2) is 28.0 Å². The van der Waals surface area contributed by atoms with Crippen molar-refractivity contribution >= 4 is 40.1 Å². The van der Waals surface area contributed by atoms with Gasteiger partial charge < -0.3 is 21.5 Å². The van der Waals surface area contributed by atoms with E-state index in [4.69, 9.17) is 10.8 Å². The number of carbonyl (C=O) groups excluding carboxylic acids is 2. The summed E-state index contributed by atoms with van der Waals surface area (Å²) in [6, 6.07) is 15.0. The van der Waals surface area contributed by atoms with Gasteiger partial charge in [0.05, 0.1) is 6.42 Å². The van der Waals surface area contributed by atoms with Gasteiger partial charge in [0.1, 0.15) is 5.69 Å². The maximum Gasteiger partial charge on any atom is 0.321 e. The first kappa shape index (κ1) is 21.9. The van der Waals surface area contributed by atoms with Gasteiger partial charge in [0.2, 0.25) is 0 Å². The average Bonchev–Trinajstić information content (AvgIpc) is 3.21. The Balaban J connectivity index is 1.51. The minimum atomic E-state index is -0.980. The summed E-state index contributed by atoms with van der Waals surface area (Å²) >= 11 is 1.13. The van der Waals surface area contributed by atoms with Crippen molar-refractivity contribution in [2.75, 3.05) is 10.6 Å². The molecule has 6 N–H and O–H groups in total. The summed E-state index contributed by atoms with van der Waals surface area (Å²) < 4.78 is 0. The minimum absolute atomic E-state index is 0.162. The van der Waals surface area contributed by atoms with E-state index in [-0.39, 0.29) is 12.1 Å². The fourth-order valence-corrected chi connectivity index (χ4v) is 3.36. The number of hydrogen-bond donors (Lipinski definition) is 5. The number of nitrogens with zero attached hydrogens (tertiary/aromatic N) is 1. The molecule has 0 aliphatic carbocycles. The lowest BCUT2D eigenvalue weighted by atomic mass is 10.0. The number of carboxylic acid groups (broad SMARTS) is 1. The lowest BCUT2D eigenvalue weighted by Gasteiger charge is -2.10.